The van der Waals surface area contributed by atoms with Gasteiger partial charge in [0.05, 0.1) is 22.8 Å². The Morgan fingerprint density at radius 1 is 1.04 bits per heavy atom. The summed E-state index contributed by atoms with van der Waals surface area (Å²) < 4.78 is 15.4. The van der Waals surface area contributed by atoms with Gasteiger partial charge in [0.1, 0.15) is 5.82 Å². The number of H-pyrrole nitrogens is 1. The van der Waals surface area contributed by atoms with Gasteiger partial charge >= 0.3 is 5.97 Å². The van der Waals surface area contributed by atoms with E-state index in [0.717, 1.165) is 38.6 Å². The summed E-state index contributed by atoms with van der Waals surface area (Å²) in [6, 6.07) is 17.1. The molecule has 136 valence electrons. The van der Waals surface area contributed by atoms with Gasteiger partial charge in [0, 0.05) is 28.2 Å². The highest BCUT2D eigenvalue weighted by Gasteiger charge is 2.14. The van der Waals surface area contributed by atoms with E-state index < -0.39 is 5.97 Å². The number of benzene rings is 3. The Morgan fingerprint density at radius 3 is 2.50 bits per heavy atom. The van der Waals surface area contributed by atoms with Crippen molar-refractivity contribution >= 4 is 27.8 Å². The molecule has 2 N–H and O–H groups in total. The Kier molecular flexibility index (Phi) is 3.52. The minimum atomic E-state index is -0.959. The Hall–Kier alpha value is -3.93. The van der Waals surface area contributed by atoms with Crippen LogP contribution in [0.4, 0.5) is 4.39 Å². The van der Waals surface area contributed by atoms with Gasteiger partial charge < -0.3 is 9.67 Å². The Balaban J connectivity index is 1.78. The van der Waals surface area contributed by atoms with E-state index in [9.17, 15) is 9.18 Å². The summed E-state index contributed by atoms with van der Waals surface area (Å²) in [5.41, 5.74) is 4.79. The topological polar surface area (TPSA) is 70.9 Å². The van der Waals surface area contributed by atoms with Crippen LogP contribution < -0.4 is 0 Å². The molecule has 0 aliphatic heterocycles. The van der Waals surface area contributed by atoms with Crippen LogP contribution in [0.2, 0.25) is 0 Å². The van der Waals surface area contributed by atoms with E-state index in [1.807, 2.05) is 22.9 Å². The molecule has 5 rings (SSSR count). The molecule has 0 bridgehead atoms. The second-order valence-electron chi connectivity index (χ2n) is 6.60. The van der Waals surface area contributed by atoms with Crippen LogP contribution in [0.15, 0.2) is 73.1 Å². The summed E-state index contributed by atoms with van der Waals surface area (Å²) in [7, 11) is 0. The van der Waals surface area contributed by atoms with Crippen molar-refractivity contribution in [3.05, 3.63) is 84.4 Å². The van der Waals surface area contributed by atoms with Crippen LogP contribution in [-0.2, 0) is 0 Å². The van der Waals surface area contributed by atoms with Crippen molar-refractivity contribution in [2.75, 3.05) is 0 Å². The van der Waals surface area contributed by atoms with E-state index in [0.29, 0.717) is 0 Å². The lowest BCUT2D eigenvalue weighted by molar-refractivity contribution is 0.0697. The average Bonchev–Trinajstić information content (AvgIpc) is 3.31. The summed E-state index contributed by atoms with van der Waals surface area (Å²) in [6.07, 6.45) is 3.75. The van der Waals surface area contributed by atoms with Crippen LogP contribution >= 0.6 is 0 Å². The molecule has 2 aromatic heterocycles. The van der Waals surface area contributed by atoms with E-state index in [1.165, 1.54) is 12.1 Å². The molecule has 0 spiro atoms. The van der Waals surface area contributed by atoms with Gasteiger partial charge in [0.25, 0.3) is 0 Å². The number of nitrogens with one attached hydrogen (secondary N) is 1. The zero-order valence-corrected chi connectivity index (χ0v) is 14.6. The highest BCUT2D eigenvalue weighted by atomic mass is 19.1. The lowest BCUT2D eigenvalue weighted by atomic mass is 10.0. The van der Waals surface area contributed by atoms with Gasteiger partial charge in [-0.05, 0) is 54.1 Å². The lowest BCUT2D eigenvalue weighted by Crippen LogP contribution is -1.94. The number of fused-ring (bicyclic) bond motifs is 2. The lowest BCUT2D eigenvalue weighted by Gasteiger charge is -2.05. The monoisotopic (exact) mass is 371 g/mol. The minimum absolute atomic E-state index is 0.238. The number of carboxylic acids is 1. The van der Waals surface area contributed by atoms with Crippen molar-refractivity contribution in [2.24, 2.45) is 0 Å². The first-order valence-electron chi connectivity index (χ1n) is 8.68. The molecule has 0 aliphatic rings. The molecule has 28 heavy (non-hydrogen) atoms. The van der Waals surface area contributed by atoms with Gasteiger partial charge in [-0.1, -0.05) is 12.1 Å². The number of carboxylic acid groups (broad SMARTS) is 1. The third-order valence-corrected chi connectivity index (χ3v) is 4.91. The van der Waals surface area contributed by atoms with E-state index in [-0.39, 0.29) is 11.4 Å². The predicted octanol–water partition coefficient (Wildman–Crippen LogP) is 5.01. The van der Waals surface area contributed by atoms with Crippen molar-refractivity contribution in [3.63, 3.8) is 0 Å². The van der Waals surface area contributed by atoms with Crippen molar-refractivity contribution in [3.8, 4) is 16.8 Å². The second-order valence-corrected chi connectivity index (χ2v) is 6.60. The van der Waals surface area contributed by atoms with E-state index in [4.69, 9.17) is 5.11 Å². The van der Waals surface area contributed by atoms with Crippen molar-refractivity contribution < 1.29 is 14.3 Å². The third kappa shape index (κ3) is 2.54. The summed E-state index contributed by atoms with van der Waals surface area (Å²) in [4.78, 5) is 11.1. The van der Waals surface area contributed by atoms with E-state index in [2.05, 4.69) is 10.2 Å². The maximum atomic E-state index is 13.4. The summed E-state index contributed by atoms with van der Waals surface area (Å²) >= 11 is 0. The largest absolute Gasteiger partial charge is 0.478 e. The fourth-order valence-corrected chi connectivity index (χ4v) is 3.50. The van der Waals surface area contributed by atoms with Crippen LogP contribution in [0.5, 0.6) is 0 Å². The van der Waals surface area contributed by atoms with Crippen LogP contribution in [0, 0.1) is 5.82 Å². The van der Waals surface area contributed by atoms with Gasteiger partial charge in [-0.2, -0.15) is 5.10 Å². The van der Waals surface area contributed by atoms with E-state index in [1.54, 1.807) is 42.6 Å². The highest BCUT2D eigenvalue weighted by Crippen LogP contribution is 2.35. The normalized spacial score (nSPS) is 11.3. The first-order valence-corrected chi connectivity index (χ1v) is 8.68. The molecule has 3 aromatic carbocycles. The molecule has 5 aromatic rings. The summed E-state index contributed by atoms with van der Waals surface area (Å²) in [5.74, 6) is -1.25. The maximum absolute atomic E-state index is 13.4. The molecule has 0 aliphatic carbocycles. The Labute approximate surface area is 158 Å². The number of hydrogen-bond acceptors (Lipinski definition) is 2. The minimum Gasteiger partial charge on any atom is -0.478 e. The number of nitrogens with zero attached hydrogens (tertiary/aromatic N) is 2. The molecule has 0 atom stereocenters. The fourth-order valence-electron chi connectivity index (χ4n) is 3.50. The first-order chi connectivity index (χ1) is 13.6. The smallest absolute Gasteiger partial charge is 0.335 e. The number of carbonyl (C=O) groups is 1. The van der Waals surface area contributed by atoms with Crippen LogP contribution in [0.1, 0.15) is 10.4 Å². The Bertz CT molecular complexity index is 1330. The molecular formula is C22H14FN3O2. The van der Waals surface area contributed by atoms with Gasteiger partial charge in [0.15, 0.2) is 0 Å². The predicted molar refractivity (Wildman–Crippen MR) is 105 cm³/mol. The number of hydrogen-bond donors (Lipinski definition) is 2. The second kappa shape index (κ2) is 6.06. The molecule has 2 heterocycles. The molecule has 5 nitrogen and oxygen atoms in total. The average molecular weight is 371 g/mol. The number of aromatic nitrogens is 3. The molecule has 0 amide bonds. The van der Waals surface area contributed by atoms with E-state index >= 15 is 0 Å². The van der Waals surface area contributed by atoms with Crippen LogP contribution in [-0.4, -0.2) is 25.8 Å². The molecule has 0 radical (unpaired) electrons. The maximum Gasteiger partial charge on any atom is 0.335 e. The number of aromatic carboxylic acids is 1. The first kappa shape index (κ1) is 16.3. The fraction of sp³-hybridized carbons (Fsp3) is 0. The molecule has 0 unspecified atom stereocenters. The number of rotatable bonds is 3. The summed E-state index contributed by atoms with van der Waals surface area (Å²) in [5, 5.41) is 18.2. The molecule has 0 saturated heterocycles. The van der Waals surface area contributed by atoms with Gasteiger partial charge in [0.2, 0.25) is 0 Å². The van der Waals surface area contributed by atoms with Crippen molar-refractivity contribution in [2.45, 2.75) is 0 Å². The zero-order valence-electron chi connectivity index (χ0n) is 14.6. The molecule has 0 fully saturated rings. The van der Waals surface area contributed by atoms with Gasteiger partial charge in [-0.25, -0.2) is 9.18 Å². The number of aromatic amines is 1. The van der Waals surface area contributed by atoms with Crippen molar-refractivity contribution in [1.82, 2.24) is 14.8 Å². The summed E-state index contributed by atoms with van der Waals surface area (Å²) in [6.45, 7) is 0. The molecule has 6 heteroatoms. The highest BCUT2D eigenvalue weighted by molar-refractivity contribution is 6.04. The third-order valence-electron chi connectivity index (χ3n) is 4.91. The SMILES string of the molecule is O=C(O)c1ccc(-c2cn(-c3ccc(F)cc3)c3cc4cn[nH]c4cc23)cc1. The van der Waals surface area contributed by atoms with Gasteiger partial charge in [-0.15, -0.1) is 0 Å². The molecular weight excluding hydrogens is 357 g/mol. The zero-order chi connectivity index (χ0) is 19.3. The standard InChI is InChI=1S/C22H14FN3O2/c23-16-5-7-17(8-6-16)26-12-19(13-1-3-14(4-2-13)22(27)28)18-10-20-15(9-21(18)26)11-24-25-20/h1-12H,(H,24,25)(H,27,28). The Morgan fingerprint density at radius 2 is 1.79 bits per heavy atom. The quantitative estimate of drug-likeness (QED) is 0.468. The van der Waals surface area contributed by atoms with Crippen LogP contribution in [0.3, 0.4) is 0 Å². The number of halogens is 1. The van der Waals surface area contributed by atoms with Crippen LogP contribution in [0.25, 0.3) is 38.6 Å². The van der Waals surface area contributed by atoms with Gasteiger partial charge in [-0.3, -0.25) is 5.10 Å². The van der Waals surface area contributed by atoms with Crippen molar-refractivity contribution in [1.29, 1.82) is 0 Å². The molecule has 0 saturated carbocycles.